The van der Waals surface area contributed by atoms with Gasteiger partial charge in [0.05, 0.1) is 12.8 Å². The summed E-state index contributed by atoms with van der Waals surface area (Å²) < 4.78 is 11.5. The van der Waals surface area contributed by atoms with E-state index in [0.29, 0.717) is 18.4 Å². The van der Waals surface area contributed by atoms with E-state index in [2.05, 4.69) is 10.3 Å². The monoisotopic (exact) mass is 284 g/mol. The van der Waals surface area contributed by atoms with Gasteiger partial charge in [-0.05, 0) is 43.5 Å². The van der Waals surface area contributed by atoms with Gasteiger partial charge >= 0.3 is 0 Å². The Morgan fingerprint density at radius 1 is 1.19 bits per heavy atom. The molecule has 0 amide bonds. The number of rotatable bonds is 7. The summed E-state index contributed by atoms with van der Waals surface area (Å²) in [6.07, 6.45) is 6.16. The van der Waals surface area contributed by atoms with Crippen molar-refractivity contribution in [3.63, 3.8) is 0 Å². The summed E-state index contributed by atoms with van der Waals surface area (Å²) in [5.74, 6) is 2.20. The summed E-state index contributed by atoms with van der Waals surface area (Å²) >= 11 is 0. The van der Waals surface area contributed by atoms with Gasteiger partial charge in [-0.25, -0.2) is 0 Å². The second-order valence-corrected chi connectivity index (χ2v) is 5.17. The van der Waals surface area contributed by atoms with Crippen LogP contribution in [0.5, 0.6) is 17.2 Å². The minimum Gasteiger partial charge on any atom is -0.490 e. The molecule has 110 valence electrons. The highest BCUT2D eigenvalue weighted by atomic mass is 16.5. The predicted molar refractivity (Wildman–Crippen MR) is 81.8 cm³/mol. The average molecular weight is 284 g/mol. The van der Waals surface area contributed by atoms with Crippen LogP contribution >= 0.6 is 0 Å². The van der Waals surface area contributed by atoms with Gasteiger partial charge in [0.2, 0.25) is 0 Å². The molecular weight excluding hydrogens is 264 g/mol. The fourth-order valence-corrected chi connectivity index (χ4v) is 2.10. The summed E-state index contributed by atoms with van der Waals surface area (Å²) in [7, 11) is 0. The highest BCUT2D eigenvalue weighted by Crippen LogP contribution is 2.31. The van der Waals surface area contributed by atoms with E-state index in [0.717, 1.165) is 23.6 Å². The first-order valence-electron chi connectivity index (χ1n) is 7.42. The van der Waals surface area contributed by atoms with E-state index in [9.17, 15) is 0 Å². The second kappa shape index (κ2) is 6.59. The Morgan fingerprint density at radius 2 is 2.00 bits per heavy atom. The van der Waals surface area contributed by atoms with E-state index < -0.39 is 0 Å². The smallest absolute Gasteiger partial charge is 0.169 e. The molecule has 0 spiro atoms. The van der Waals surface area contributed by atoms with E-state index in [4.69, 9.17) is 9.47 Å². The zero-order valence-corrected chi connectivity index (χ0v) is 12.2. The third kappa shape index (κ3) is 3.95. The molecule has 1 aromatic carbocycles. The number of hydrogen-bond donors (Lipinski definition) is 1. The van der Waals surface area contributed by atoms with Crippen molar-refractivity contribution in [3.8, 4) is 17.2 Å². The van der Waals surface area contributed by atoms with Crippen LogP contribution in [0.25, 0.3) is 0 Å². The van der Waals surface area contributed by atoms with Crippen LogP contribution in [-0.4, -0.2) is 17.6 Å². The summed E-state index contributed by atoms with van der Waals surface area (Å²) in [6, 6.07) is 10.4. The molecular formula is C17H20N2O2. The van der Waals surface area contributed by atoms with Crippen molar-refractivity contribution in [1.82, 2.24) is 10.3 Å². The molecule has 1 saturated carbocycles. The molecule has 0 unspecified atom stereocenters. The molecule has 1 N–H and O–H groups in total. The fourth-order valence-electron chi connectivity index (χ4n) is 2.10. The van der Waals surface area contributed by atoms with E-state index in [1.54, 1.807) is 6.20 Å². The normalized spacial score (nSPS) is 14.0. The number of pyridine rings is 1. The standard InChI is InChI=1S/C17H20N2O2/c1-2-20-16-5-3-4-6-17(16)21-15-9-13(10-18-12-15)11-19-14-7-8-14/h3-6,9-10,12,14,19H,2,7-8,11H2,1H3. The minimum atomic E-state index is 0.615. The van der Waals surface area contributed by atoms with Crippen LogP contribution in [0.2, 0.25) is 0 Å². The number of hydrogen-bond acceptors (Lipinski definition) is 4. The number of nitrogens with one attached hydrogen (secondary N) is 1. The van der Waals surface area contributed by atoms with Crippen LogP contribution in [0.3, 0.4) is 0 Å². The zero-order chi connectivity index (χ0) is 14.5. The first-order chi connectivity index (χ1) is 10.3. The molecule has 21 heavy (non-hydrogen) atoms. The minimum absolute atomic E-state index is 0.615. The highest BCUT2D eigenvalue weighted by molar-refractivity contribution is 5.42. The van der Waals surface area contributed by atoms with Crippen molar-refractivity contribution in [1.29, 1.82) is 0 Å². The van der Waals surface area contributed by atoms with E-state index in [-0.39, 0.29) is 0 Å². The molecule has 0 aliphatic heterocycles. The molecule has 4 heteroatoms. The zero-order valence-electron chi connectivity index (χ0n) is 12.2. The van der Waals surface area contributed by atoms with Gasteiger partial charge in [0.25, 0.3) is 0 Å². The van der Waals surface area contributed by atoms with Gasteiger partial charge in [-0.3, -0.25) is 4.98 Å². The van der Waals surface area contributed by atoms with Crippen molar-refractivity contribution in [2.24, 2.45) is 0 Å². The van der Waals surface area contributed by atoms with Gasteiger partial charge in [-0.2, -0.15) is 0 Å². The molecule has 2 aromatic rings. The van der Waals surface area contributed by atoms with Crippen LogP contribution in [0.1, 0.15) is 25.3 Å². The van der Waals surface area contributed by atoms with Crippen LogP contribution in [-0.2, 0) is 6.54 Å². The van der Waals surface area contributed by atoms with Crippen LogP contribution in [0.15, 0.2) is 42.7 Å². The molecule has 1 heterocycles. The summed E-state index contributed by atoms with van der Waals surface area (Å²) in [5.41, 5.74) is 1.13. The summed E-state index contributed by atoms with van der Waals surface area (Å²) in [5, 5.41) is 3.48. The van der Waals surface area contributed by atoms with Crippen LogP contribution in [0, 0.1) is 0 Å². The summed E-state index contributed by atoms with van der Waals surface area (Å²) in [4.78, 5) is 4.25. The third-order valence-electron chi connectivity index (χ3n) is 3.32. The Hall–Kier alpha value is -2.07. The lowest BCUT2D eigenvalue weighted by Crippen LogP contribution is -2.15. The highest BCUT2D eigenvalue weighted by Gasteiger charge is 2.20. The summed E-state index contributed by atoms with van der Waals surface area (Å²) in [6.45, 7) is 3.41. The molecule has 0 saturated heterocycles. The van der Waals surface area contributed by atoms with Crippen molar-refractivity contribution in [2.45, 2.75) is 32.4 Å². The van der Waals surface area contributed by atoms with Crippen molar-refractivity contribution in [3.05, 3.63) is 48.3 Å². The van der Waals surface area contributed by atoms with Crippen LogP contribution < -0.4 is 14.8 Å². The largest absolute Gasteiger partial charge is 0.490 e. The van der Waals surface area contributed by atoms with Gasteiger partial charge in [-0.15, -0.1) is 0 Å². The van der Waals surface area contributed by atoms with Gasteiger partial charge < -0.3 is 14.8 Å². The molecule has 1 aromatic heterocycles. The van der Waals surface area contributed by atoms with E-state index in [1.807, 2.05) is 43.5 Å². The molecule has 0 atom stereocenters. The maximum absolute atomic E-state index is 5.91. The number of benzene rings is 1. The predicted octanol–water partition coefficient (Wildman–Crippen LogP) is 3.52. The SMILES string of the molecule is CCOc1ccccc1Oc1cncc(CNC2CC2)c1. The Kier molecular flexibility index (Phi) is 4.36. The topological polar surface area (TPSA) is 43.4 Å². The maximum Gasteiger partial charge on any atom is 0.169 e. The van der Waals surface area contributed by atoms with Crippen molar-refractivity contribution >= 4 is 0 Å². The molecule has 4 nitrogen and oxygen atoms in total. The Bertz CT molecular complexity index is 597. The lowest BCUT2D eigenvalue weighted by Gasteiger charge is -2.11. The van der Waals surface area contributed by atoms with E-state index >= 15 is 0 Å². The van der Waals surface area contributed by atoms with Gasteiger partial charge in [0.15, 0.2) is 11.5 Å². The third-order valence-corrected chi connectivity index (χ3v) is 3.32. The van der Waals surface area contributed by atoms with Gasteiger partial charge in [0.1, 0.15) is 5.75 Å². The number of nitrogens with zero attached hydrogens (tertiary/aromatic N) is 1. The van der Waals surface area contributed by atoms with Crippen molar-refractivity contribution < 1.29 is 9.47 Å². The molecule has 1 fully saturated rings. The maximum atomic E-state index is 5.91. The Balaban J connectivity index is 1.70. The first-order valence-corrected chi connectivity index (χ1v) is 7.42. The lowest BCUT2D eigenvalue weighted by molar-refractivity contribution is 0.321. The van der Waals surface area contributed by atoms with Gasteiger partial charge in [0, 0.05) is 18.8 Å². The molecule has 0 radical (unpaired) electrons. The van der Waals surface area contributed by atoms with Gasteiger partial charge in [-0.1, -0.05) is 12.1 Å². The number of ether oxygens (including phenoxy) is 2. The first kappa shape index (κ1) is 13.9. The lowest BCUT2D eigenvalue weighted by atomic mass is 10.2. The second-order valence-electron chi connectivity index (χ2n) is 5.17. The van der Waals surface area contributed by atoms with Crippen LogP contribution in [0.4, 0.5) is 0 Å². The fraction of sp³-hybridized carbons (Fsp3) is 0.353. The number of para-hydroxylation sites is 2. The Labute approximate surface area is 125 Å². The quantitative estimate of drug-likeness (QED) is 0.844. The molecule has 1 aliphatic rings. The number of aromatic nitrogens is 1. The molecule has 1 aliphatic carbocycles. The van der Waals surface area contributed by atoms with Crippen molar-refractivity contribution in [2.75, 3.05) is 6.61 Å². The molecule has 3 rings (SSSR count). The molecule has 0 bridgehead atoms. The van der Waals surface area contributed by atoms with E-state index in [1.165, 1.54) is 12.8 Å². The average Bonchev–Trinajstić information content (AvgIpc) is 3.32. The Morgan fingerprint density at radius 3 is 2.76 bits per heavy atom.